The summed E-state index contributed by atoms with van der Waals surface area (Å²) >= 11 is 0. The Kier molecular flexibility index (Phi) is 7.80. The lowest BCUT2D eigenvalue weighted by Crippen LogP contribution is -2.37. The average Bonchev–Trinajstić information content (AvgIpc) is 2.79. The molecule has 3 amide bonds. The van der Waals surface area contributed by atoms with Crippen LogP contribution in [0, 0.1) is 0 Å². The third-order valence-corrected chi connectivity index (χ3v) is 4.88. The molecule has 0 spiro atoms. The Bertz CT molecular complexity index is 992. The van der Waals surface area contributed by atoms with Crippen LogP contribution in [0.15, 0.2) is 48.5 Å². The Labute approximate surface area is 185 Å². The van der Waals surface area contributed by atoms with Crippen molar-refractivity contribution >= 4 is 29.4 Å². The largest absolute Gasteiger partial charge is 0.482 e. The van der Waals surface area contributed by atoms with Gasteiger partial charge in [-0.1, -0.05) is 30.3 Å². The predicted octanol–water partition coefficient (Wildman–Crippen LogP) is 1.40. The number of carbonyl (C=O) groups excluding carboxylic acids is 4. The van der Waals surface area contributed by atoms with E-state index >= 15 is 0 Å². The Hall–Kier alpha value is -3.88. The lowest BCUT2D eigenvalue weighted by atomic mass is 10.0. The van der Waals surface area contributed by atoms with Crippen molar-refractivity contribution in [2.24, 2.45) is 5.73 Å². The van der Waals surface area contributed by atoms with Gasteiger partial charge in [-0.15, -0.1) is 0 Å². The van der Waals surface area contributed by atoms with Crippen molar-refractivity contribution in [1.82, 2.24) is 4.90 Å². The van der Waals surface area contributed by atoms with Crippen LogP contribution in [0.4, 0.5) is 5.69 Å². The van der Waals surface area contributed by atoms with Crippen LogP contribution in [0.1, 0.15) is 24.0 Å². The van der Waals surface area contributed by atoms with Gasteiger partial charge in [-0.05, 0) is 35.7 Å². The van der Waals surface area contributed by atoms with E-state index in [9.17, 15) is 19.2 Å². The highest BCUT2D eigenvalue weighted by Crippen LogP contribution is 2.26. The highest BCUT2D eigenvalue weighted by molar-refractivity contribution is 5.94. The summed E-state index contributed by atoms with van der Waals surface area (Å²) in [5.41, 5.74) is 7.74. The van der Waals surface area contributed by atoms with Gasteiger partial charge in [0.2, 0.25) is 11.8 Å². The van der Waals surface area contributed by atoms with Crippen LogP contribution in [-0.2, 0) is 36.9 Å². The number of nitrogens with two attached hydrogens (primary N) is 1. The summed E-state index contributed by atoms with van der Waals surface area (Å²) in [4.78, 5) is 48.6. The topological polar surface area (TPSA) is 128 Å². The maximum atomic E-state index is 12.5. The number of ether oxygens (including phenoxy) is 2. The monoisotopic (exact) mass is 439 g/mol. The van der Waals surface area contributed by atoms with Gasteiger partial charge in [0.1, 0.15) is 5.75 Å². The van der Waals surface area contributed by atoms with Crippen LogP contribution in [-0.4, -0.2) is 48.3 Å². The minimum atomic E-state index is -0.695. The van der Waals surface area contributed by atoms with Crippen LogP contribution < -0.4 is 15.8 Å². The third-order valence-electron chi connectivity index (χ3n) is 4.88. The fourth-order valence-corrected chi connectivity index (χ4v) is 3.21. The van der Waals surface area contributed by atoms with Gasteiger partial charge in [-0.2, -0.15) is 0 Å². The molecule has 0 atom stereocenters. The molecule has 0 radical (unpaired) electrons. The first-order valence-corrected chi connectivity index (χ1v) is 10.2. The van der Waals surface area contributed by atoms with Gasteiger partial charge in [-0.3, -0.25) is 14.4 Å². The molecule has 168 valence electrons. The number of fused-ring (bicyclic) bond motifs is 1. The molecule has 2 aromatic carbocycles. The number of nitrogens with zero attached hydrogens (tertiary/aromatic N) is 1. The Morgan fingerprint density at radius 3 is 2.56 bits per heavy atom. The molecule has 0 bridgehead atoms. The number of hydrogen-bond acceptors (Lipinski definition) is 6. The fraction of sp³-hybridized carbons (Fsp3) is 0.304. The average molecular weight is 439 g/mol. The molecule has 2 aromatic rings. The zero-order chi connectivity index (χ0) is 22.9. The molecule has 3 N–H and O–H groups in total. The van der Waals surface area contributed by atoms with Gasteiger partial charge < -0.3 is 25.4 Å². The van der Waals surface area contributed by atoms with Gasteiger partial charge in [0, 0.05) is 31.6 Å². The minimum absolute atomic E-state index is 0.00835. The van der Waals surface area contributed by atoms with Crippen LogP contribution in [0.3, 0.4) is 0 Å². The van der Waals surface area contributed by atoms with Gasteiger partial charge >= 0.3 is 5.97 Å². The van der Waals surface area contributed by atoms with Crippen molar-refractivity contribution in [2.75, 3.05) is 25.1 Å². The molecule has 1 aliphatic rings. The van der Waals surface area contributed by atoms with E-state index in [2.05, 4.69) is 5.32 Å². The molecule has 0 aromatic heterocycles. The molecule has 0 saturated carbocycles. The molecule has 0 fully saturated rings. The molecule has 9 heteroatoms. The number of rotatable bonds is 10. The van der Waals surface area contributed by atoms with E-state index in [1.807, 2.05) is 30.3 Å². The summed E-state index contributed by atoms with van der Waals surface area (Å²) < 4.78 is 10.5. The predicted molar refractivity (Wildman–Crippen MR) is 116 cm³/mol. The molecule has 0 aliphatic carbocycles. The van der Waals surface area contributed by atoms with Crippen LogP contribution in [0.5, 0.6) is 5.75 Å². The number of carbonyl (C=O) groups is 4. The van der Waals surface area contributed by atoms with E-state index in [1.54, 1.807) is 18.2 Å². The number of benzene rings is 2. The Balaban J connectivity index is 1.49. The van der Waals surface area contributed by atoms with Gasteiger partial charge in [-0.25, -0.2) is 4.79 Å². The molecule has 1 heterocycles. The number of primary amides is 1. The zero-order valence-corrected chi connectivity index (χ0v) is 17.5. The number of amides is 3. The van der Waals surface area contributed by atoms with Crippen molar-refractivity contribution in [2.45, 2.75) is 25.8 Å². The van der Waals surface area contributed by atoms with E-state index in [1.165, 1.54) is 4.90 Å². The minimum Gasteiger partial charge on any atom is -0.482 e. The lowest BCUT2D eigenvalue weighted by molar-refractivity contribution is -0.154. The summed E-state index contributed by atoms with van der Waals surface area (Å²) in [7, 11) is 0. The van der Waals surface area contributed by atoms with E-state index in [4.69, 9.17) is 15.2 Å². The number of hydrogen-bond donors (Lipinski definition) is 2. The van der Waals surface area contributed by atoms with E-state index < -0.39 is 24.4 Å². The summed E-state index contributed by atoms with van der Waals surface area (Å²) in [6.45, 7) is -0.433. The second-order valence-corrected chi connectivity index (χ2v) is 7.33. The molecule has 0 unspecified atom stereocenters. The quantitative estimate of drug-likeness (QED) is 0.539. The number of anilines is 1. The fourth-order valence-electron chi connectivity index (χ4n) is 3.21. The maximum absolute atomic E-state index is 12.5. The van der Waals surface area contributed by atoms with Crippen LogP contribution in [0.2, 0.25) is 0 Å². The van der Waals surface area contributed by atoms with Gasteiger partial charge in [0.15, 0.2) is 13.2 Å². The van der Waals surface area contributed by atoms with Crippen molar-refractivity contribution in [3.05, 3.63) is 59.7 Å². The number of nitrogens with one attached hydrogen (secondary N) is 1. The summed E-state index contributed by atoms with van der Waals surface area (Å²) in [6, 6.07) is 14.4. The van der Waals surface area contributed by atoms with Crippen molar-refractivity contribution in [3.63, 3.8) is 0 Å². The molecular weight excluding hydrogens is 414 g/mol. The van der Waals surface area contributed by atoms with E-state index in [0.29, 0.717) is 18.6 Å². The molecule has 32 heavy (non-hydrogen) atoms. The maximum Gasteiger partial charge on any atom is 0.344 e. The first-order chi connectivity index (χ1) is 15.4. The lowest BCUT2D eigenvalue weighted by Gasteiger charge is -2.22. The van der Waals surface area contributed by atoms with Crippen LogP contribution >= 0.6 is 0 Å². The zero-order valence-electron chi connectivity index (χ0n) is 17.5. The highest BCUT2D eigenvalue weighted by atomic mass is 16.6. The standard InChI is InChI=1S/C23H25N3O6/c24-20(27)10-11-26(13-16-4-2-1-3-5-16)22(29)14-32-23(30)15-31-18-7-8-19-17(12-18)6-9-21(28)25-19/h1-5,7-8,12H,6,9-11,13-15H2,(H2,24,27)(H,25,28). The van der Waals surface area contributed by atoms with Crippen molar-refractivity contribution in [3.8, 4) is 5.75 Å². The summed E-state index contributed by atoms with van der Waals surface area (Å²) in [5, 5.41) is 2.77. The SMILES string of the molecule is NC(=O)CCN(Cc1ccccc1)C(=O)COC(=O)COc1ccc2c(c1)CCC(=O)N2. The van der Waals surface area contributed by atoms with Gasteiger partial charge in [0.05, 0.1) is 0 Å². The molecule has 0 saturated heterocycles. The van der Waals surface area contributed by atoms with E-state index in [-0.39, 0.29) is 32.0 Å². The first kappa shape index (κ1) is 22.8. The van der Waals surface area contributed by atoms with E-state index in [0.717, 1.165) is 16.8 Å². The Morgan fingerprint density at radius 2 is 1.81 bits per heavy atom. The molecule has 1 aliphatic heterocycles. The van der Waals surface area contributed by atoms with Crippen LogP contribution in [0.25, 0.3) is 0 Å². The smallest absolute Gasteiger partial charge is 0.344 e. The van der Waals surface area contributed by atoms with Gasteiger partial charge in [0.25, 0.3) is 5.91 Å². The second-order valence-electron chi connectivity index (χ2n) is 7.33. The molecular formula is C23H25N3O6. The highest BCUT2D eigenvalue weighted by Gasteiger charge is 2.18. The normalized spacial score (nSPS) is 12.3. The summed E-state index contributed by atoms with van der Waals surface area (Å²) in [6.07, 6.45) is 1.00. The number of aryl methyl sites for hydroxylation is 1. The molecule has 9 nitrogen and oxygen atoms in total. The summed E-state index contributed by atoms with van der Waals surface area (Å²) in [5.74, 6) is -1.22. The third kappa shape index (κ3) is 6.83. The molecule has 3 rings (SSSR count). The van der Waals surface area contributed by atoms with Crippen molar-refractivity contribution in [1.29, 1.82) is 0 Å². The Morgan fingerprint density at radius 1 is 1.03 bits per heavy atom. The van der Waals surface area contributed by atoms with Crippen molar-refractivity contribution < 1.29 is 28.7 Å². The first-order valence-electron chi connectivity index (χ1n) is 10.2. The second kappa shape index (κ2) is 10.9. The number of esters is 1.